The van der Waals surface area contributed by atoms with Gasteiger partial charge in [0.25, 0.3) is 5.91 Å². The lowest BCUT2D eigenvalue weighted by atomic mass is 10.00. The Morgan fingerprint density at radius 3 is 2.26 bits per heavy atom. The number of halogens is 1. The molecule has 0 saturated carbocycles. The fourth-order valence-electron chi connectivity index (χ4n) is 3.94. The van der Waals surface area contributed by atoms with E-state index in [0.717, 1.165) is 5.56 Å². The summed E-state index contributed by atoms with van der Waals surface area (Å²) in [6.07, 6.45) is 0.727. The van der Waals surface area contributed by atoms with E-state index >= 15 is 0 Å². The highest BCUT2D eigenvalue weighted by atomic mass is 35.5. The predicted molar refractivity (Wildman–Crippen MR) is 137 cm³/mol. The van der Waals surface area contributed by atoms with Gasteiger partial charge in [0.1, 0.15) is 24.4 Å². The van der Waals surface area contributed by atoms with Gasteiger partial charge in [-0.25, -0.2) is 0 Å². The first-order valence-corrected chi connectivity index (χ1v) is 12.4. The number of benzene rings is 2. The van der Waals surface area contributed by atoms with Crippen molar-refractivity contribution in [3.05, 3.63) is 64.7 Å². The third kappa shape index (κ3) is 7.46. The number of carbonyl (C=O) groups is 3. The van der Waals surface area contributed by atoms with Gasteiger partial charge < -0.3 is 20.7 Å². The van der Waals surface area contributed by atoms with Gasteiger partial charge in [0.2, 0.25) is 11.8 Å². The zero-order chi connectivity index (χ0) is 25.5. The molecule has 3 atom stereocenters. The van der Waals surface area contributed by atoms with Crippen molar-refractivity contribution in [2.75, 3.05) is 6.61 Å². The Kier molecular flexibility index (Phi) is 9.15. The van der Waals surface area contributed by atoms with E-state index in [1.54, 1.807) is 12.1 Å². The Labute approximate surface area is 212 Å². The summed E-state index contributed by atoms with van der Waals surface area (Å²) in [6, 6.07) is 12.3. The van der Waals surface area contributed by atoms with Crippen LogP contribution in [0.15, 0.2) is 48.5 Å². The first-order valence-electron chi connectivity index (χ1n) is 12.0. The van der Waals surface area contributed by atoms with E-state index in [2.05, 4.69) is 16.0 Å². The molecule has 2 aromatic rings. The van der Waals surface area contributed by atoms with Crippen LogP contribution < -0.4 is 20.7 Å². The van der Waals surface area contributed by atoms with Crippen molar-refractivity contribution in [1.82, 2.24) is 16.0 Å². The van der Waals surface area contributed by atoms with Gasteiger partial charge in [0.15, 0.2) is 0 Å². The number of amides is 3. The monoisotopic (exact) mass is 499 g/mol. The van der Waals surface area contributed by atoms with Crippen LogP contribution in [0.1, 0.15) is 50.0 Å². The minimum atomic E-state index is -0.831. The molecule has 188 valence electrons. The van der Waals surface area contributed by atoms with Gasteiger partial charge >= 0.3 is 0 Å². The summed E-state index contributed by atoms with van der Waals surface area (Å²) >= 11 is 6.17. The summed E-state index contributed by atoms with van der Waals surface area (Å²) in [5, 5.41) is 9.15. The molecule has 2 aromatic carbocycles. The van der Waals surface area contributed by atoms with Gasteiger partial charge in [-0.3, -0.25) is 14.4 Å². The molecule has 0 unspecified atom stereocenters. The third-order valence-electron chi connectivity index (χ3n) is 5.98. The van der Waals surface area contributed by atoms with Crippen molar-refractivity contribution in [2.24, 2.45) is 11.8 Å². The van der Waals surface area contributed by atoms with Crippen molar-refractivity contribution in [3.63, 3.8) is 0 Å². The molecule has 1 aliphatic heterocycles. The average molecular weight is 500 g/mol. The van der Waals surface area contributed by atoms with E-state index in [-0.39, 0.29) is 36.0 Å². The van der Waals surface area contributed by atoms with Crippen LogP contribution in [-0.2, 0) is 16.0 Å². The van der Waals surface area contributed by atoms with Crippen LogP contribution >= 0.6 is 11.6 Å². The van der Waals surface area contributed by atoms with Crippen molar-refractivity contribution < 1.29 is 19.1 Å². The molecule has 3 amide bonds. The Hall–Kier alpha value is -3.06. The van der Waals surface area contributed by atoms with Crippen LogP contribution in [0.3, 0.4) is 0 Å². The van der Waals surface area contributed by atoms with Crippen LogP contribution in [0.25, 0.3) is 0 Å². The molecule has 0 spiro atoms. The van der Waals surface area contributed by atoms with E-state index < -0.39 is 23.9 Å². The van der Waals surface area contributed by atoms with Gasteiger partial charge in [-0.05, 0) is 42.0 Å². The number of fused-ring (bicyclic) bond motifs is 1. The summed E-state index contributed by atoms with van der Waals surface area (Å²) in [5.41, 5.74) is 1.16. The van der Waals surface area contributed by atoms with Crippen LogP contribution in [0.5, 0.6) is 5.75 Å². The second-order valence-electron chi connectivity index (χ2n) is 9.72. The number of hydrogen-bond acceptors (Lipinski definition) is 4. The molecule has 3 rings (SSSR count). The van der Waals surface area contributed by atoms with Gasteiger partial charge in [0, 0.05) is 11.4 Å². The number of rotatable bonds is 5. The first kappa shape index (κ1) is 26.5. The Bertz CT molecular complexity index is 1040. The quantitative estimate of drug-likeness (QED) is 0.583. The maximum Gasteiger partial charge on any atom is 0.255 e. The Balaban J connectivity index is 1.99. The molecular formula is C27H34ClN3O4. The van der Waals surface area contributed by atoms with Gasteiger partial charge in [-0.15, -0.1) is 0 Å². The van der Waals surface area contributed by atoms with Gasteiger partial charge in [-0.1, -0.05) is 69.6 Å². The maximum atomic E-state index is 13.4. The molecule has 3 N–H and O–H groups in total. The van der Waals surface area contributed by atoms with Crippen LogP contribution in [0.2, 0.25) is 5.02 Å². The second-order valence-corrected chi connectivity index (χ2v) is 10.2. The molecular weight excluding hydrogens is 466 g/mol. The summed E-state index contributed by atoms with van der Waals surface area (Å²) in [5.74, 6) is -0.639. The average Bonchev–Trinajstić information content (AvgIpc) is 2.81. The highest BCUT2D eigenvalue weighted by molar-refractivity contribution is 6.31. The molecule has 0 aromatic heterocycles. The highest BCUT2D eigenvalue weighted by Crippen LogP contribution is 2.24. The fourth-order valence-corrected chi connectivity index (χ4v) is 4.11. The lowest BCUT2D eigenvalue weighted by Gasteiger charge is -2.27. The number of ether oxygens (including phenoxy) is 1. The van der Waals surface area contributed by atoms with E-state index in [1.807, 2.05) is 58.0 Å². The smallest absolute Gasteiger partial charge is 0.255 e. The lowest BCUT2D eigenvalue weighted by molar-refractivity contribution is -0.130. The van der Waals surface area contributed by atoms with E-state index in [1.165, 1.54) is 6.07 Å². The predicted octanol–water partition coefficient (Wildman–Crippen LogP) is 3.75. The molecule has 0 bridgehead atoms. The van der Waals surface area contributed by atoms with Crippen molar-refractivity contribution in [3.8, 4) is 5.75 Å². The largest absolute Gasteiger partial charge is 0.491 e. The number of carbonyl (C=O) groups excluding carboxylic acids is 3. The zero-order valence-corrected chi connectivity index (χ0v) is 21.4. The van der Waals surface area contributed by atoms with Gasteiger partial charge in [0.05, 0.1) is 11.6 Å². The standard InChI is InChI=1S/C27H34ClN3O4/c1-16(2)12-21-26(33)30-22(13-18-8-6-5-7-9-18)27(34)31-23(17(3)4)15-35-24-11-10-19(28)14-20(24)25(32)29-21/h5-11,14,16-17,21-23H,12-13,15H2,1-4H3,(H,29,32)(H,30,33)(H,31,34)/t21-,22-,23+/m0/s1. The number of nitrogens with one attached hydrogen (secondary N) is 3. The summed E-state index contributed by atoms with van der Waals surface area (Å²) in [6.45, 7) is 8.05. The second kappa shape index (κ2) is 12.1. The van der Waals surface area contributed by atoms with E-state index in [4.69, 9.17) is 16.3 Å². The van der Waals surface area contributed by atoms with Crippen molar-refractivity contribution >= 4 is 29.3 Å². The topological polar surface area (TPSA) is 96.5 Å². The Morgan fingerprint density at radius 1 is 0.914 bits per heavy atom. The molecule has 8 heteroatoms. The zero-order valence-electron chi connectivity index (χ0n) is 20.6. The molecule has 0 radical (unpaired) electrons. The van der Waals surface area contributed by atoms with Crippen molar-refractivity contribution in [1.29, 1.82) is 0 Å². The molecule has 0 fully saturated rings. The minimum absolute atomic E-state index is 0.0513. The summed E-state index contributed by atoms with van der Waals surface area (Å²) in [4.78, 5) is 40.0. The fraction of sp³-hybridized carbons (Fsp3) is 0.444. The maximum absolute atomic E-state index is 13.4. The molecule has 1 heterocycles. The van der Waals surface area contributed by atoms with Crippen LogP contribution in [0, 0.1) is 11.8 Å². The molecule has 35 heavy (non-hydrogen) atoms. The lowest BCUT2D eigenvalue weighted by Crippen LogP contribution is -2.56. The molecule has 1 aliphatic rings. The van der Waals surface area contributed by atoms with Crippen LogP contribution in [-0.4, -0.2) is 42.5 Å². The number of hydrogen-bond donors (Lipinski definition) is 3. The van der Waals surface area contributed by atoms with E-state index in [9.17, 15) is 14.4 Å². The van der Waals surface area contributed by atoms with Gasteiger partial charge in [-0.2, -0.15) is 0 Å². The minimum Gasteiger partial charge on any atom is -0.491 e. The van der Waals surface area contributed by atoms with Crippen LogP contribution in [0.4, 0.5) is 0 Å². The Morgan fingerprint density at radius 2 is 1.60 bits per heavy atom. The highest BCUT2D eigenvalue weighted by Gasteiger charge is 2.31. The third-order valence-corrected chi connectivity index (χ3v) is 6.22. The summed E-state index contributed by atoms with van der Waals surface area (Å²) < 4.78 is 6.01. The molecule has 7 nitrogen and oxygen atoms in total. The molecule has 0 saturated heterocycles. The van der Waals surface area contributed by atoms with E-state index in [0.29, 0.717) is 23.6 Å². The summed E-state index contributed by atoms with van der Waals surface area (Å²) in [7, 11) is 0. The SMILES string of the molecule is CC(C)C[C@@H]1NC(=O)c2cc(Cl)ccc2OC[C@H](C(C)C)NC(=O)[C@H](Cc2ccccc2)NC1=O. The first-order chi connectivity index (χ1) is 16.6. The van der Waals surface area contributed by atoms with Crippen molar-refractivity contribution in [2.45, 2.75) is 58.7 Å². The molecule has 0 aliphatic carbocycles. The normalized spacial score (nSPS) is 21.6.